The molecule has 0 heterocycles. The average Bonchev–Trinajstić information content (AvgIpc) is 2.46. The number of benzene rings is 2. The maximum Gasteiger partial charge on any atom is 0.128 e. The molecular formula is C17H22N2O. The van der Waals surface area contributed by atoms with Crippen molar-refractivity contribution in [2.45, 2.75) is 19.8 Å². The first-order chi connectivity index (χ1) is 9.65. The first-order valence-electron chi connectivity index (χ1n) is 7.06. The van der Waals surface area contributed by atoms with Crippen molar-refractivity contribution in [1.29, 1.82) is 5.41 Å². The van der Waals surface area contributed by atoms with Crippen molar-refractivity contribution in [3.8, 4) is 5.75 Å². The van der Waals surface area contributed by atoms with Gasteiger partial charge in [0.15, 0.2) is 0 Å². The highest BCUT2D eigenvalue weighted by molar-refractivity contribution is 6.09. The first-order valence-corrected chi connectivity index (χ1v) is 7.06. The molecule has 0 spiro atoms. The van der Waals surface area contributed by atoms with Crippen LogP contribution in [0.5, 0.6) is 5.75 Å². The highest BCUT2D eigenvalue weighted by atomic mass is 16.5. The summed E-state index contributed by atoms with van der Waals surface area (Å²) in [4.78, 5) is 1.82. The second-order valence-electron chi connectivity index (χ2n) is 5.10. The van der Waals surface area contributed by atoms with Crippen molar-refractivity contribution in [3.05, 3.63) is 42.0 Å². The maximum absolute atomic E-state index is 8.19. The van der Waals surface area contributed by atoms with Gasteiger partial charge >= 0.3 is 0 Å². The number of ether oxygens (including phenoxy) is 1. The third-order valence-electron chi connectivity index (χ3n) is 3.34. The number of hydrogen-bond acceptors (Lipinski definition) is 2. The summed E-state index contributed by atoms with van der Waals surface area (Å²) >= 11 is 0. The van der Waals surface area contributed by atoms with E-state index >= 15 is 0 Å². The van der Waals surface area contributed by atoms with Gasteiger partial charge in [-0.15, -0.1) is 0 Å². The molecule has 0 atom stereocenters. The van der Waals surface area contributed by atoms with Crippen LogP contribution in [0.15, 0.2) is 36.4 Å². The molecule has 0 saturated carbocycles. The minimum Gasteiger partial charge on any atom is -0.493 e. The average molecular weight is 270 g/mol. The lowest BCUT2D eigenvalue weighted by Crippen LogP contribution is -2.22. The SMILES string of the molecule is CCCCOc1ccc(C(=N)N(C)C)c2ccccc12. The van der Waals surface area contributed by atoms with E-state index in [1.54, 1.807) is 0 Å². The van der Waals surface area contributed by atoms with Crippen LogP contribution in [0.4, 0.5) is 0 Å². The molecule has 0 amide bonds. The normalized spacial score (nSPS) is 10.6. The number of hydrogen-bond donors (Lipinski definition) is 1. The zero-order valence-electron chi connectivity index (χ0n) is 12.4. The van der Waals surface area contributed by atoms with Gasteiger partial charge in [-0.05, 0) is 23.9 Å². The summed E-state index contributed by atoms with van der Waals surface area (Å²) in [7, 11) is 3.78. The van der Waals surface area contributed by atoms with Gasteiger partial charge in [0, 0.05) is 25.0 Å². The molecule has 0 bridgehead atoms. The molecule has 2 aromatic carbocycles. The molecule has 0 fully saturated rings. The fourth-order valence-electron chi connectivity index (χ4n) is 2.17. The second kappa shape index (κ2) is 6.42. The van der Waals surface area contributed by atoms with Crippen LogP contribution in [0.25, 0.3) is 10.8 Å². The van der Waals surface area contributed by atoms with Crippen molar-refractivity contribution in [1.82, 2.24) is 4.90 Å². The van der Waals surface area contributed by atoms with Gasteiger partial charge in [-0.3, -0.25) is 5.41 Å². The Kier molecular flexibility index (Phi) is 4.61. The lowest BCUT2D eigenvalue weighted by molar-refractivity contribution is 0.313. The molecule has 0 unspecified atom stereocenters. The van der Waals surface area contributed by atoms with Crippen molar-refractivity contribution in [3.63, 3.8) is 0 Å². The molecule has 0 aromatic heterocycles. The molecular weight excluding hydrogens is 248 g/mol. The van der Waals surface area contributed by atoms with Gasteiger partial charge in [0.1, 0.15) is 11.6 Å². The Hall–Kier alpha value is -2.03. The highest BCUT2D eigenvalue weighted by Gasteiger charge is 2.11. The number of rotatable bonds is 5. The van der Waals surface area contributed by atoms with Crippen molar-refractivity contribution < 1.29 is 4.74 Å². The van der Waals surface area contributed by atoms with Crippen molar-refractivity contribution in [2.24, 2.45) is 0 Å². The summed E-state index contributed by atoms with van der Waals surface area (Å²) in [5.41, 5.74) is 0.938. The number of unbranched alkanes of at least 4 members (excludes halogenated alkanes) is 1. The third kappa shape index (κ3) is 2.93. The molecule has 20 heavy (non-hydrogen) atoms. The largest absolute Gasteiger partial charge is 0.493 e. The van der Waals surface area contributed by atoms with Crippen molar-refractivity contribution in [2.75, 3.05) is 20.7 Å². The molecule has 2 rings (SSSR count). The Morgan fingerprint density at radius 1 is 1.10 bits per heavy atom. The van der Waals surface area contributed by atoms with E-state index in [4.69, 9.17) is 10.1 Å². The van der Waals surface area contributed by atoms with Gasteiger partial charge in [0.25, 0.3) is 0 Å². The van der Waals surface area contributed by atoms with Crippen LogP contribution in [0.2, 0.25) is 0 Å². The fourth-order valence-corrected chi connectivity index (χ4v) is 2.17. The Labute approximate surface area is 120 Å². The van der Waals surface area contributed by atoms with Crippen LogP contribution in [0.3, 0.4) is 0 Å². The summed E-state index contributed by atoms with van der Waals surface area (Å²) < 4.78 is 5.87. The minimum absolute atomic E-state index is 0.515. The Morgan fingerprint density at radius 2 is 1.80 bits per heavy atom. The highest BCUT2D eigenvalue weighted by Crippen LogP contribution is 2.29. The quantitative estimate of drug-likeness (QED) is 0.508. The predicted molar refractivity (Wildman–Crippen MR) is 84.9 cm³/mol. The number of fused-ring (bicyclic) bond motifs is 1. The van der Waals surface area contributed by atoms with Crippen LogP contribution in [-0.2, 0) is 0 Å². The van der Waals surface area contributed by atoms with E-state index in [2.05, 4.69) is 19.1 Å². The molecule has 0 aliphatic heterocycles. The predicted octanol–water partition coefficient (Wildman–Crippen LogP) is 3.91. The third-order valence-corrected chi connectivity index (χ3v) is 3.34. The number of nitrogens with zero attached hydrogens (tertiary/aromatic N) is 1. The topological polar surface area (TPSA) is 36.3 Å². The zero-order chi connectivity index (χ0) is 14.5. The van der Waals surface area contributed by atoms with Crippen LogP contribution in [0, 0.1) is 5.41 Å². The van der Waals surface area contributed by atoms with Gasteiger partial charge < -0.3 is 9.64 Å². The summed E-state index contributed by atoms with van der Waals surface area (Å²) in [6, 6.07) is 12.1. The van der Waals surface area contributed by atoms with Gasteiger partial charge in [0.05, 0.1) is 6.61 Å². The first kappa shape index (κ1) is 14.4. The molecule has 3 heteroatoms. The lowest BCUT2D eigenvalue weighted by atomic mass is 10.0. The van der Waals surface area contributed by atoms with E-state index < -0.39 is 0 Å². The molecule has 1 N–H and O–H groups in total. The Bertz CT molecular complexity index is 605. The van der Waals surface area contributed by atoms with Gasteiger partial charge in [-0.1, -0.05) is 37.6 Å². The number of amidine groups is 1. The van der Waals surface area contributed by atoms with E-state index in [1.165, 1.54) is 0 Å². The number of nitrogens with one attached hydrogen (secondary N) is 1. The van der Waals surface area contributed by atoms with Crippen molar-refractivity contribution >= 4 is 16.6 Å². The zero-order valence-corrected chi connectivity index (χ0v) is 12.4. The summed E-state index contributed by atoms with van der Waals surface area (Å²) in [5, 5.41) is 10.3. The van der Waals surface area contributed by atoms with Crippen LogP contribution >= 0.6 is 0 Å². The molecule has 0 saturated heterocycles. The van der Waals surface area contributed by atoms with E-state index in [0.29, 0.717) is 5.84 Å². The molecule has 106 valence electrons. The van der Waals surface area contributed by atoms with Gasteiger partial charge in [0.2, 0.25) is 0 Å². The summed E-state index contributed by atoms with van der Waals surface area (Å²) in [6.45, 7) is 2.90. The molecule has 2 aromatic rings. The Morgan fingerprint density at radius 3 is 2.45 bits per heavy atom. The monoisotopic (exact) mass is 270 g/mol. The maximum atomic E-state index is 8.19. The van der Waals surface area contributed by atoms with Crippen LogP contribution < -0.4 is 4.74 Å². The fraction of sp³-hybridized carbons (Fsp3) is 0.353. The van der Waals surface area contributed by atoms with Crippen LogP contribution in [-0.4, -0.2) is 31.4 Å². The second-order valence-corrected chi connectivity index (χ2v) is 5.10. The summed E-state index contributed by atoms with van der Waals surface area (Å²) in [5.74, 6) is 1.42. The van der Waals surface area contributed by atoms with Gasteiger partial charge in [-0.25, -0.2) is 0 Å². The van der Waals surface area contributed by atoms with E-state index in [1.807, 2.05) is 43.3 Å². The lowest BCUT2D eigenvalue weighted by Gasteiger charge is -2.17. The smallest absolute Gasteiger partial charge is 0.128 e. The van der Waals surface area contributed by atoms with Gasteiger partial charge in [-0.2, -0.15) is 0 Å². The molecule has 0 aliphatic rings. The van der Waals surface area contributed by atoms with E-state index in [9.17, 15) is 0 Å². The van der Waals surface area contributed by atoms with E-state index in [-0.39, 0.29) is 0 Å². The molecule has 3 nitrogen and oxygen atoms in total. The van der Waals surface area contributed by atoms with Crippen LogP contribution in [0.1, 0.15) is 25.3 Å². The Balaban J connectivity index is 2.44. The van der Waals surface area contributed by atoms with E-state index in [0.717, 1.165) is 41.5 Å². The molecule has 0 aliphatic carbocycles. The minimum atomic E-state index is 0.515. The standard InChI is InChI=1S/C17H22N2O/c1-4-5-12-20-16-11-10-15(17(18)19(2)3)13-8-6-7-9-14(13)16/h6-11,18H,4-5,12H2,1-3H3. The summed E-state index contributed by atoms with van der Waals surface area (Å²) in [6.07, 6.45) is 2.19. The molecule has 0 radical (unpaired) electrons.